The van der Waals surface area contributed by atoms with Gasteiger partial charge in [-0.25, -0.2) is 14.8 Å². The molecule has 2 atom stereocenters. The van der Waals surface area contributed by atoms with Crippen LogP contribution in [0.5, 0.6) is 0 Å². The molecule has 0 saturated carbocycles. The summed E-state index contributed by atoms with van der Waals surface area (Å²) in [6.07, 6.45) is 7.08. The van der Waals surface area contributed by atoms with E-state index in [0.717, 1.165) is 60.3 Å². The second-order valence-corrected chi connectivity index (χ2v) is 13.0. The number of imidazole rings is 2. The van der Waals surface area contributed by atoms with Crippen LogP contribution in [0.15, 0.2) is 97.6 Å². The Hall–Kier alpha value is -4.32. The zero-order chi connectivity index (χ0) is 34.4. The maximum atomic E-state index is 12.9. The molecule has 49 heavy (non-hydrogen) atoms. The standard InChI is InChI=1S/C22H20ClF3N4O.C14H16ClN3/c23-17-7-3-15(4-8-17)14-29-13-11-27-20(29)19-2-1-12-30(19)21(31)28-18-9-5-16(6-10-18)22(24,25)26;15-12-5-3-11(4-6-12)10-18-9-8-17-14(18)13-2-1-7-16-13/h3-11,13,19H,1-2,12,14H2,(H,28,31);3-6,8-9,13,16H,1-2,7,10H2/t19-;13-/m11/s1. The highest BCUT2D eigenvalue weighted by atomic mass is 35.5. The van der Waals surface area contributed by atoms with E-state index in [2.05, 4.69) is 37.3 Å². The third-order valence-electron chi connectivity index (χ3n) is 8.67. The van der Waals surface area contributed by atoms with E-state index in [-0.39, 0.29) is 12.1 Å². The minimum atomic E-state index is -4.41. The van der Waals surface area contributed by atoms with Crippen LogP contribution in [-0.2, 0) is 19.3 Å². The Kier molecular flexibility index (Phi) is 10.9. The van der Waals surface area contributed by atoms with Gasteiger partial charge in [-0.2, -0.15) is 13.2 Å². The lowest BCUT2D eigenvalue weighted by atomic mass is 10.2. The Bertz CT molecular complexity index is 1820. The molecular weight excluding hydrogens is 674 g/mol. The Morgan fingerprint density at radius 2 is 1.37 bits per heavy atom. The highest BCUT2D eigenvalue weighted by molar-refractivity contribution is 6.30. The van der Waals surface area contributed by atoms with E-state index in [0.29, 0.717) is 29.8 Å². The third kappa shape index (κ3) is 8.83. The second-order valence-electron chi connectivity index (χ2n) is 12.1. The van der Waals surface area contributed by atoms with Gasteiger partial charge in [-0.1, -0.05) is 47.5 Å². The van der Waals surface area contributed by atoms with Gasteiger partial charge in [0.05, 0.1) is 17.6 Å². The first-order valence-electron chi connectivity index (χ1n) is 16.1. The molecule has 13 heteroatoms. The Morgan fingerprint density at radius 3 is 1.92 bits per heavy atom. The van der Waals surface area contributed by atoms with E-state index >= 15 is 0 Å². The number of halogens is 5. The monoisotopic (exact) mass is 709 g/mol. The summed E-state index contributed by atoms with van der Waals surface area (Å²) in [5, 5.41) is 7.63. The van der Waals surface area contributed by atoms with Crippen LogP contribution in [0.1, 0.15) is 66.1 Å². The second kappa shape index (κ2) is 15.5. The van der Waals surface area contributed by atoms with Gasteiger partial charge in [0.25, 0.3) is 0 Å². The van der Waals surface area contributed by atoms with Gasteiger partial charge < -0.3 is 24.7 Å². The van der Waals surface area contributed by atoms with Crippen LogP contribution in [0.4, 0.5) is 23.7 Å². The van der Waals surface area contributed by atoms with Gasteiger partial charge in [0.15, 0.2) is 0 Å². The highest BCUT2D eigenvalue weighted by Gasteiger charge is 2.33. The lowest BCUT2D eigenvalue weighted by molar-refractivity contribution is -0.137. The van der Waals surface area contributed by atoms with Gasteiger partial charge >= 0.3 is 12.2 Å². The van der Waals surface area contributed by atoms with Crippen LogP contribution >= 0.6 is 23.2 Å². The van der Waals surface area contributed by atoms with Crippen molar-refractivity contribution in [3.8, 4) is 0 Å². The predicted molar refractivity (Wildman–Crippen MR) is 185 cm³/mol. The topological polar surface area (TPSA) is 80.0 Å². The molecule has 8 nitrogen and oxygen atoms in total. The van der Waals surface area contributed by atoms with Gasteiger partial charge in [0.1, 0.15) is 11.6 Å². The molecule has 2 amide bonds. The van der Waals surface area contributed by atoms with Crippen LogP contribution in [0.2, 0.25) is 10.0 Å². The number of carbonyl (C=O) groups is 1. The molecule has 2 fully saturated rings. The number of alkyl halides is 3. The summed E-state index contributed by atoms with van der Waals surface area (Å²) in [4.78, 5) is 23.5. The SMILES string of the molecule is Clc1ccc(Cn2ccnc2[C@H]2CCCN2)cc1.O=C(Nc1ccc(C(F)(F)F)cc1)N1CCC[C@@H]1c1nccn1Cc1ccc(Cl)cc1. The number of hydrogen-bond donors (Lipinski definition) is 2. The quantitative estimate of drug-likeness (QED) is 0.177. The Labute approximate surface area is 292 Å². The molecule has 0 aliphatic carbocycles. The Balaban J connectivity index is 0.000000195. The van der Waals surface area contributed by atoms with Crippen molar-refractivity contribution in [1.29, 1.82) is 0 Å². The number of urea groups is 1. The summed E-state index contributed by atoms with van der Waals surface area (Å²) >= 11 is 11.9. The molecule has 0 radical (unpaired) electrons. The summed E-state index contributed by atoms with van der Waals surface area (Å²) in [5.74, 6) is 1.91. The van der Waals surface area contributed by atoms with Crippen LogP contribution in [0.25, 0.3) is 0 Å². The zero-order valence-electron chi connectivity index (χ0n) is 26.6. The number of aromatic nitrogens is 4. The van der Waals surface area contributed by atoms with Crippen molar-refractivity contribution in [3.05, 3.63) is 136 Å². The maximum Gasteiger partial charge on any atom is 0.416 e. The number of carbonyl (C=O) groups excluding carboxylic acids is 1. The Morgan fingerprint density at radius 1 is 0.796 bits per heavy atom. The van der Waals surface area contributed by atoms with Gasteiger partial charge in [-0.05, 0) is 91.9 Å². The molecule has 3 aromatic carbocycles. The largest absolute Gasteiger partial charge is 0.416 e. The third-order valence-corrected chi connectivity index (χ3v) is 9.18. The first-order chi connectivity index (χ1) is 23.6. The summed E-state index contributed by atoms with van der Waals surface area (Å²) < 4.78 is 42.4. The molecule has 0 unspecified atom stereocenters. The molecule has 2 aromatic heterocycles. The van der Waals surface area contributed by atoms with Crippen LogP contribution < -0.4 is 10.6 Å². The number of nitrogens with zero attached hydrogens (tertiary/aromatic N) is 5. The van der Waals surface area contributed by atoms with Crippen molar-refractivity contribution in [2.24, 2.45) is 0 Å². The first kappa shape index (κ1) is 34.5. The average molecular weight is 711 g/mol. The molecular formula is C36H36Cl2F3N7O. The summed E-state index contributed by atoms with van der Waals surface area (Å²) in [6, 6.07) is 19.8. The molecule has 2 aliphatic rings. The molecule has 2 saturated heterocycles. The lowest BCUT2D eigenvalue weighted by Crippen LogP contribution is -2.35. The van der Waals surface area contributed by atoms with Crippen molar-refractivity contribution in [1.82, 2.24) is 29.3 Å². The summed E-state index contributed by atoms with van der Waals surface area (Å²) in [5.41, 5.74) is 1.86. The predicted octanol–water partition coefficient (Wildman–Crippen LogP) is 8.98. The average Bonchev–Trinajstić information content (AvgIpc) is 3.91. The molecule has 7 rings (SSSR count). The first-order valence-corrected chi connectivity index (χ1v) is 16.9. The number of amides is 2. The number of benzene rings is 3. The number of anilines is 1. The molecule has 256 valence electrons. The van der Waals surface area contributed by atoms with Crippen molar-refractivity contribution < 1.29 is 18.0 Å². The zero-order valence-corrected chi connectivity index (χ0v) is 28.1. The van der Waals surface area contributed by atoms with Crippen LogP contribution in [-0.4, -0.2) is 43.1 Å². The van der Waals surface area contributed by atoms with Gasteiger partial charge in [-0.3, -0.25) is 0 Å². The van der Waals surface area contributed by atoms with Crippen LogP contribution in [0, 0.1) is 0 Å². The van der Waals surface area contributed by atoms with Crippen molar-refractivity contribution in [2.45, 2.75) is 57.0 Å². The van der Waals surface area contributed by atoms with E-state index in [1.54, 1.807) is 11.1 Å². The smallest absolute Gasteiger partial charge is 0.329 e. The van der Waals surface area contributed by atoms with E-state index in [1.807, 2.05) is 59.6 Å². The van der Waals surface area contributed by atoms with Crippen molar-refractivity contribution in [3.63, 3.8) is 0 Å². The molecule has 0 bridgehead atoms. The van der Waals surface area contributed by atoms with Crippen molar-refractivity contribution >= 4 is 34.9 Å². The minimum absolute atomic E-state index is 0.211. The van der Waals surface area contributed by atoms with Gasteiger partial charge in [0, 0.05) is 60.2 Å². The highest BCUT2D eigenvalue weighted by Crippen LogP contribution is 2.33. The molecule has 5 aromatic rings. The number of nitrogens with one attached hydrogen (secondary N) is 2. The van der Waals surface area contributed by atoms with Crippen LogP contribution in [0.3, 0.4) is 0 Å². The molecule has 4 heterocycles. The fourth-order valence-corrected chi connectivity index (χ4v) is 6.46. The maximum absolute atomic E-state index is 12.9. The minimum Gasteiger partial charge on any atom is -0.329 e. The van der Waals surface area contributed by atoms with E-state index < -0.39 is 11.7 Å². The van der Waals surface area contributed by atoms with E-state index in [9.17, 15) is 18.0 Å². The fourth-order valence-electron chi connectivity index (χ4n) is 6.21. The van der Waals surface area contributed by atoms with Gasteiger partial charge in [-0.15, -0.1) is 0 Å². The van der Waals surface area contributed by atoms with Crippen molar-refractivity contribution in [2.75, 3.05) is 18.4 Å². The normalized spacial score (nSPS) is 17.5. The molecule has 2 aliphatic heterocycles. The number of hydrogen-bond acceptors (Lipinski definition) is 4. The molecule has 0 spiro atoms. The van der Waals surface area contributed by atoms with Gasteiger partial charge in [0.2, 0.25) is 0 Å². The fraction of sp³-hybridized carbons (Fsp3) is 0.306. The summed E-state index contributed by atoms with van der Waals surface area (Å²) in [7, 11) is 0. The number of likely N-dealkylation sites (tertiary alicyclic amines) is 1. The van der Waals surface area contributed by atoms with E-state index in [1.165, 1.54) is 30.5 Å². The lowest BCUT2D eigenvalue weighted by Gasteiger charge is -2.25. The number of rotatable bonds is 7. The summed E-state index contributed by atoms with van der Waals surface area (Å²) in [6.45, 7) is 3.09. The molecule has 2 N–H and O–H groups in total. The van der Waals surface area contributed by atoms with E-state index in [4.69, 9.17) is 23.2 Å².